The van der Waals surface area contributed by atoms with Crippen LogP contribution in [0, 0.1) is 5.92 Å². The lowest BCUT2D eigenvalue weighted by atomic mass is 9.84. The SMILES string of the molecule is CC(=O)c1ccc(N)c(C2=CC=C(N(c3ccccc3)c3ccccc3)CC2C)c1. The Morgan fingerprint density at radius 3 is 2.03 bits per heavy atom. The first kappa shape index (κ1) is 19.7. The molecule has 0 aliphatic heterocycles. The molecule has 0 fully saturated rings. The summed E-state index contributed by atoms with van der Waals surface area (Å²) in [6.45, 7) is 3.80. The third kappa shape index (κ3) is 3.92. The van der Waals surface area contributed by atoms with Crippen LogP contribution in [0.2, 0.25) is 0 Å². The molecular weight excluding hydrogens is 368 g/mol. The van der Waals surface area contributed by atoms with Gasteiger partial charge in [0.15, 0.2) is 5.78 Å². The number of carbonyl (C=O) groups is 1. The maximum atomic E-state index is 11.8. The van der Waals surface area contributed by atoms with Crippen molar-refractivity contribution in [2.75, 3.05) is 10.6 Å². The van der Waals surface area contributed by atoms with E-state index in [4.69, 9.17) is 5.73 Å². The number of Topliss-reactive ketones (excluding diaryl/α,β-unsaturated/α-hetero) is 1. The van der Waals surface area contributed by atoms with Crippen molar-refractivity contribution in [3.8, 4) is 0 Å². The molecule has 3 heteroatoms. The topological polar surface area (TPSA) is 46.3 Å². The number of nitrogens with two attached hydrogens (primary N) is 1. The molecule has 0 spiro atoms. The standard InChI is InChI=1S/C27H26N2O/c1-19-17-24(14-15-25(19)26-18-21(20(2)30)13-16-27(26)28)29(22-9-5-3-6-10-22)23-11-7-4-8-12-23/h3-16,18-19H,17,28H2,1-2H3. The summed E-state index contributed by atoms with van der Waals surface area (Å²) in [7, 11) is 0. The molecule has 0 heterocycles. The van der Waals surface area contributed by atoms with Gasteiger partial charge in [-0.1, -0.05) is 49.4 Å². The second kappa shape index (κ2) is 8.42. The van der Waals surface area contributed by atoms with Crippen LogP contribution in [0.25, 0.3) is 5.57 Å². The van der Waals surface area contributed by atoms with Crippen LogP contribution >= 0.6 is 0 Å². The quantitative estimate of drug-likeness (QED) is 0.391. The molecule has 3 nitrogen and oxygen atoms in total. The predicted molar refractivity (Wildman–Crippen MR) is 126 cm³/mol. The van der Waals surface area contributed by atoms with Crippen molar-refractivity contribution in [1.82, 2.24) is 0 Å². The molecule has 0 amide bonds. The van der Waals surface area contributed by atoms with Gasteiger partial charge in [-0.2, -0.15) is 0 Å². The zero-order valence-electron chi connectivity index (χ0n) is 17.4. The lowest BCUT2D eigenvalue weighted by molar-refractivity contribution is 0.101. The van der Waals surface area contributed by atoms with Gasteiger partial charge >= 0.3 is 0 Å². The fraction of sp³-hybridized carbons (Fsp3) is 0.148. The first-order chi connectivity index (χ1) is 14.5. The number of allylic oxidation sites excluding steroid dienone is 4. The van der Waals surface area contributed by atoms with E-state index in [9.17, 15) is 4.79 Å². The zero-order valence-corrected chi connectivity index (χ0v) is 17.4. The largest absolute Gasteiger partial charge is 0.398 e. The number of nitrogen functional groups attached to an aromatic ring is 1. The number of nitrogens with zero attached hydrogens (tertiary/aromatic N) is 1. The van der Waals surface area contributed by atoms with Crippen LogP contribution in [-0.2, 0) is 0 Å². The average molecular weight is 395 g/mol. The summed E-state index contributed by atoms with van der Waals surface area (Å²) in [5, 5.41) is 0. The highest BCUT2D eigenvalue weighted by Crippen LogP contribution is 2.40. The number of benzene rings is 3. The fourth-order valence-corrected chi connectivity index (χ4v) is 4.02. The van der Waals surface area contributed by atoms with E-state index in [1.807, 2.05) is 24.3 Å². The molecule has 2 N–H and O–H groups in total. The molecule has 1 aliphatic rings. The van der Waals surface area contributed by atoms with E-state index in [0.29, 0.717) is 11.3 Å². The summed E-state index contributed by atoms with van der Waals surface area (Å²) in [6, 6.07) is 26.4. The summed E-state index contributed by atoms with van der Waals surface area (Å²) in [6.07, 6.45) is 5.20. The van der Waals surface area contributed by atoms with Crippen molar-refractivity contribution in [1.29, 1.82) is 0 Å². The molecule has 150 valence electrons. The van der Waals surface area contributed by atoms with Gasteiger partial charge in [0, 0.05) is 33.9 Å². The lowest BCUT2D eigenvalue weighted by Gasteiger charge is -2.32. The van der Waals surface area contributed by atoms with Crippen molar-refractivity contribution in [2.45, 2.75) is 20.3 Å². The number of para-hydroxylation sites is 2. The molecule has 1 unspecified atom stereocenters. The van der Waals surface area contributed by atoms with Crippen LogP contribution in [0.4, 0.5) is 17.1 Å². The first-order valence-electron chi connectivity index (χ1n) is 10.3. The van der Waals surface area contributed by atoms with Crippen molar-refractivity contribution in [3.05, 3.63) is 108 Å². The minimum atomic E-state index is 0.0517. The highest BCUT2D eigenvalue weighted by atomic mass is 16.1. The second-order valence-electron chi connectivity index (χ2n) is 7.75. The van der Waals surface area contributed by atoms with Crippen LogP contribution in [0.3, 0.4) is 0 Å². The van der Waals surface area contributed by atoms with Crippen LogP contribution in [0.15, 0.2) is 96.7 Å². The molecule has 0 bridgehead atoms. The molecule has 0 radical (unpaired) electrons. The molecular formula is C27H26N2O. The Kier molecular flexibility index (Phi) is 5.53. The van der Waals surface area contributed by atoms with Gasteiger partial charge in [0.1, 0.15) is 0 Å². The summed E-state index contributed by atoms with van der Waals surface area (Å²) in [5.41, 5.74) is 13.3. The summed E-state index contributed by atoms with van der Waals surface area (Å²) in [5.74, 6) is 0.320. The molecule has 1 aliphatic carbocycles. The monoisotopic (exact) mass is 394 g/mol. The predicted octanol–water partition coefficient (Wildman–Crippen LogP) is 6.62. The highest BCUT2D eigenvalue weighted by molar-refractivity contribution is 5.96. The Morgan fingerprint density at radius 2 is 1.50 bits per heavy atom. The number of anilines is 3. The number of carbonyl (C=O) groups excluding carboxylic acids is 1. The maximum absolute atomic E-state index is 11.8. The van der Waals surface area contributed by atoms with Gasteiger partial charge in [0.2, 0.25) is 0 Å². The van der Waals surface area contributed by atoms with Gasteiger partial charge < -0.3 is 10.6 Å². The normalized spacial score (nSPS) is 15.9. The van der Waals surface area contributed by atoms with Crippen molar-refractivity contribution in [3.63, 3.8) is 0 Å². The van der Waals surface area contributed by atoms with Crippen molar-refractivity contribution < 1.29 is 4.79 Å². The van der Waals surface area contributed by atoms with Crippen LogP contribution < -0.4 is 10.6 Å². The van der Waals surface area contributed by atoms with E-state index < -0.39 is 0 Å². The number of ketones is 1. The molecule has 0 saturated heterocycles. The minimum absolute atomic E-state index is 0.0517. The summed E-state index contributed by atoms with van der Waals surface area (Å²) < 4.78 is 0. The summed E-state index contributed by atoms with van der Waals surface area (Å²) >= 11 is 0. The van der Waals surface area contributed by atoms with E-state index in [-0.39, 0.29) is 11.7 Å². The smallest absolute Gasteiger partial charge is 0.159 e. The molecule has 4 rings (SSSR count). The van der Waals surface area contributed by atoms with Gasteiger partial charge in [-0.15, -0.1) is 0 Å². The number of hydrogen-bond acceptors (Lipinski definition) is 3. The summed E-state index contributed by atoms with van der Waals surface area (Å²) in [4.78, 5) is 14.2. The molecule has 0 aromatic heterocycles. The third-order valence-corrected chi connectivity index (χ3v) is 5.59. The van der Waals surface area contributed by atoms with Gasteiger partial charge in [0.25, 0.3) is 0 Å². The van der Waals surface area contributed by atoms with E-state index in [0.717, 1.165) is 23.4 Å². The van der Waals surface area contributed by atoms with Gasteiger partial charge in [-0.3, -0.25) is 4.79 Å². The molecule has 0 saturated carbocycles. The lowest BCUT2D eigenvalue weighted by Crippen LogP contribution is -2.20. The third-order valence-electron chi connectivity index (χ3n) is 5.59. The van der Waals surface area contributed by atoms with E-state index in [1.54, 1.807) is 13.0 Å². The molecule has 3 aromatic carbocycles. The van der Waals surface area contributed by atoms with Crippen LogP contribution in [0.5, 0.6) is 0 Å². The molecule has 1 atom stereocenters. The number of hydrogen-bond donors (Lipinski definition) is 1. The van der Waals surface area contributed by atoms with Gasteiger partial charge in [-0.25, -0.2) is 0 Å². The highest BCUT2D eigenvalue weighted by Gasteiger charge is 2.23. The second-order valence-corrected chi connectivity index (χ2v) is 7.75. The van der Waals surface area contributed by atoms with Gasteiger partial charge in [0.05, 0.1) is 0 Å². The van der Waals surface area contributed by atoms with Crippen LogP contribution in [-0.4, -0.2) is 5.78 Å². The van der Waals surface area contributed by atoms with E-state index >= 15 is 0 Å². The Labute approximate surface area is 178 Å². The van der Waals surface area contributed by atoms with Crippen LogP contribution in [0.1, 0.15) is 36.2 Å². The number of rotatable bonds is 5. The fourth-order valence-electron chi connectivity index (χ4n) is 4.02. The molecule has 3 aromatic rings. The van der Waals surface area contributed by atoms with Gasteiger partial charge in [-0.05, 0) is 73.4 Å². The molecule has 30 heavy (non-hydrogen) atoms. The Balaban J connectivity index is 1.77. The van der Waals surface area contributed by atoms with Crippen molar-refractivity contribution >= 4 is 28.4 Å². The minimum Gasteiger partial charge on any atom is -0.398 e. The average Bonchev–Trinajstić information content (AvgIpc) is 2.76. The zero-order chi connectivity index (χ0) is 21.1. The Hall–Kier alpha value is -3.59. The van der Waals surface area contributed by atoms with E-state index in [1.165, 1.54) is 11.3 Å². The first-order valence-corrected chi connectivity index (χ1v) is 10.3. The Morgan fingerprint density at radius 1 is 0.900 bits per heavy atom. The Bertz CT molecular complexity index is 1070. The van der Waals surface area contributed by atoms with E-state index in [2.05, 4.69) is 72.5 Å². The maximum Gasteiger partial charge on any atom is 0.159 e. The van der Waals surface area contributed by atoms with Crippen molar-refractivity contribution in [2.24, 2.45) is 5.92 Å².